The van der Waals surface area contributed by atoms with Gasteiger partial charge in [-0.3, -0.25) is 14.2 Å². The number of ether oxygens (including phenoxy) is 3. The molecule has 0 radical (unpaired) electrons. The van der Waals surface area contributed by atoms with Crippen molar-refractivity contribution in [2.45, 2.75) is 13.3 Å². The molecule has 4 aliphatic rings. The summed E-state index contributed by atoms with van der Waals surface area (Å²) >= 11 is 0. The number of amides is 1. The topological polar surface area (TPSA) is 70.0 Å². The van der Waals surface area contributed by atoms with Crippen LogP contribution in [0.25, 0.3) is 5.69 Å². The standard InChI is InChI=1S/C23H24N2O5/c1-13-4-5-25(16-2-3-19-20(7-16)30-12-29-19)23(27)21(13)22(26)24-8-14-6-15-10-28-11-18(15)17(14)9-24/h2-5,7,14-15,17-18H,6,8-12H2,1H3/t14-,15+,17+,18-/m0/s1. The molecule has 1 aliphatic carbocycles. The van der Waals surface area contributed by atoms with Crippen LogP contribution in [0.15, 0.2) is 35.3 Å². The Bertz CT molecular complexity index is 1090. The van der Waals surface area contributed by atoms with Gasteiger partial charge in [-0.2, -0.15) is 0 Å². The minimum Gasteiger partial charge on any atom is -0.454 e. The van der Waals surface area contributed by atoms with Crippen molar-refractivity contribution in [1.29, 1.82) is 0 Å². The Morgan fingerprint density at radius 2 is 1.90 bits per heavy atom. The number of aromatic nitrogens is 1. The van der Waals surface area contributed by atoms with Crippen molar-refractivity contribution >= 4 is 5.91 Å². The van der Waals surface area contributed by atoms with Gasteiger partial charge in [0.15, 0.2) is 11.5 Å². The molecule has 4 heterocycles. The van der Waals surface area contributed by atoms with Gasteiger partial charge in [0.2, 0.25) is 6.79 Å². The molecule has 4 atom stereocenters. The summed E-state index contributed by atoms with van der Waals surface area (Å²) in [7, 11) is 0. The molecule has 3 aliphatic heterocycles. The van der Waals surface area contributed by atoms with Crippen LogP contribution < -0.4 is 15.0 Å². The lowest BCUT2D eigenvalue weighted by Crippen LogP contribution is -2.37. The smallest absolute Gasteiger partial charge is 0.268 e. The van der Waals surface area contributed by atoms with Crippen LogP contribution in [-0.2, 0) is 4.74 Å². The zero-order valence-corrected chi connectivity index (χ0v) is 16.9. The van der Waals surface area contributed by atoms with Crippen LogP contribution in [0, 0.1) is 30.6 Å². The number of nitrogens with zero attached hydrogens (tertiary/aromatic N) is 2. The first-order valence-electron chi connectivity index (χ1n) is 10.6. The van der Waals surface area contributed by atoms with Gasteiger partial charge in [-0.25, -0.2) is 0 Å². The molecule has 2 saturated heterocycles. The van der Waals surface area contributed by atoms with Crippen LogP contribution in [0.5, 0.6) is 11.5 Å². The average Bonchev–Trinajstić information content (AvgIpc) is 3.49. The first-order chi connectivity index (χ1) is 14.6. The summed E-state index contributed by atoms with van der Waals surface area (Å²) in [4.78, 5) is 28.6. The zero-order valence-electron chi connectivity index (χ0n) is 16.9. The van der Waals surface area contributed by atoms with E-state index in [1.54, 1.807) is 24.4 Å². The maximum atomic E-state index is 13.4. The van der Waals surface area contributed by atoms with Crippen molar-refractivity contribution in [3.05, 3.63) is 51.9 Å². The summed E-state index contributed by atoms with van der Waals surface area (Å²) in [6.45, 7) is 5.16. The SMILES string of the molecule is Cc1ccn(-c2ccc3c(c2)OCO3)c(=O)c1C(=O)N1C[C@@H]2C[C@@H]3COC[C@@H]3[C@@H]2C1. The maximum Gasteiger partial charge on any atom is 0.268 e. The second-order valence-electron chi connectivity index (χ2n) is 8.92. The largest absolute Gasteiger partial charge is 0.454 e. The molecule has 156 valence electrons. The van der Waals surface area contributed by atoms with E-state index in [0.717, 1.165) is 32.7 Å². The van der Waals surface area contributed by atoms with Crippen LogP contribution in [0.2, 0.25) is 0 Å². The Labute approximate surface area is 174 Å². The summed E-state index contributed by atoms with van der Waals surface area (Å²) < 4.78 is 18.0. The number of aryl methyl sites for hydroxylation is 1. The van der Waals surface area contributed by atoms with Crippen molar-refractivity contribution in [2.75, 3.05) is 33.1 Å². The summed E-state index contributed by atoms with van der Waals surface area (Å²) in [5, 5.41) is 0. The van der Waals surface area contributed by atoms with Gasteiger partial charge in [0, 0.05) is 32.0 Å². The first-order valence-corrected chi connectivity index (χ1v) is 10.6. The average molecular weight is 408 g/mol. The molecule has 1 saturated carbocycles. The number of rotatable bonds is 2. The fraction of sp³-hybridized carbons (Fsp3) is 0.478. The number of fused-ring (bicyclic) bond motifs is 4. The van der Waals surface area contributed by atoms with Gasteiger partial charge in [-0.15, -0.1) is 0 Å². The molecular formula is C23H24N2O5. The lowest BCUT2D eigenvalue weighted by molar-refractivity contribution is 0.0771. The van der Waals surface area contributed by atoms with Gasteiger partial charge >= 0.3 is 0 Å². The molecule has 1 aromatic heterocycles. The number of likely N-dealkylation sites (tertiary alicyclic amines) is 1. The van der Waals surface area contributed by atoms with Gasteiger partial charge in [0.1, 0.15) is 5.56 Å². The van der Waals surface area contributed by atoms with E-state index in [1.807, 2.05) is 17.9 Å². The van der Waals surface area contributed by atoms with Crippen LogP contribution in [-0.4, -0.2) is 48.5 Å². The Morgan fingerprint density at radius 3 is 2.80 bits per heavy atom. The molecule has 1 amide bonds. The maximum absolute atomic E-state index is 13.4. The molecule has 7 nitrogen and oxygen atoms in total. The van der Waals surface area contributed by atoms with Crippen molar-refractivity contribution < 1.29 is 19.0 Å². The van der Waals surface area contributed by atoms with E-state index in [2.05, 4.69) is 0 Å². The molecule has 6 rings (SSSR count). The Balaban J connectivity index is 1.31. The predicted octanol–water partition coefficient (Wildman–Crippen LogP) is 2.23. The molecule has 30 heavy (non-hydrogen) atoms. The molecule has 3 fully saturated rings. The number of hydrogen-bond acceptors (Lipinski definition) is 5. The zero-order chi connectivity index (χ0) is 20.4. The minimum absolute atomic E-state index is 0.155. The first kappa shape index (κ1) is 18.0. The van der Waals surface area contributed by atoms with E-state index in [4.69, 9.17) is 14.2 Å². The predicted molar refractivity (Wildman–Crippen MR) is 108 cm³/mol. The molecule has 0 N–H and O–H groups in total. The molecular weight excluding hydrogens is 384 g/mol. The molecule has 1 aromatic carbocycles. The Kier molecular flexibility index (Phi) is 3.96. The summed E-state index contributed by atoms with van der Waals surface area (Å²) in [6.07, 6.45) is 2.85. The fourth-order valence-electron chi connectivity index (χ4n) is 5.80. The number of pyridine rings is 1. The third-order valence-corrected chi connectivity index (χ3v) is 7.33. The van der Waals surface area contributed by atoms with Crippen molar-refractivity contribution in [1.82, 2.24) is 9.47 Å². The molecule has 0 unspecified atom stereocenters. The summed E-state index contributed by atoms with van der Waals surface area (Å²) in [5.74, 6) is 3.36. The fourth-order valence-corrected chi connectivity index (χ4v) is 5.80. The van der Waals surface area contributed by atoms with Gasteiger partial charge in [0.05, 0.1) is 12.3 Å². The number of hydrogen-bond donors (Lipinski definition) is 0. The van der Waals surface area contributed by atoms with E-state index < -0.39 is 0 Å². The summed E-state index contributed by atoms with van der Waals surface area (Å²) in [5.41, 5.74) is 1.33. The minimum atomic E-state index is -0.294. The van der Waals surface area contributed by atoms with Crippen molar-refractivity contribution in [2.24, 2.45) is 23.7 Å². The molecule has 0 spiro atoms. The van der Waals surface area contributed by atoms with Gasteiger partial charge in [-0.1, -0.05) is 0 Å². The summed E-state index contributed by atoms with van der Waals surface area (Å²) in [6, 6.07) is 7.19. The second-order valence-corrected chi connectivity index (χ2v) is 8.92. The highest BCUT2D eigenvalue weighted by molar-refractivity contribution is 5.95. The van der Waals surface area contributed by atoms with Crippen LogP contribution >= 0.6 is 0 Å². The van der Waals surface area contributed by atoms with E-state index in [-0.39, 0.29) is 23.8 Å². The third kappa shape index (κ3) is 2.61. The third-order valence-electron chi connectivity index (χ3n) is 7.33. The quantitative estimate of drug-likeness (QED) is 0.762. The van der Waals surface area contributed by atoms with Gasteiger partial charge in [-0.05, 0) is 60.8 Å². The van der Waals surface area contributed by atoms with Crippen LogP contribution in [0.4, 0.5) is 0 Å². The number of carbonyl (C=O) groups excluding carboxylic acids is 1. The molecule has 7 heteroatoms. The van der Waals surface area contributed by atoms with Crippen molar-refractivity contribution in [3.63, 3.8) is 0 Å². The highest BCUT2D eigenvalue weighted by atomic mass is 16.7. The van der Waals surface area contributed by atoms with E-state index >= 15 is 0 Å². The second kappa shape index (κ2) is 6.60. The molecule has 0 bridgehead atoms. The van der Waals surface area contributed by atoms with Crippen LogP contribution in [0.1, 0.15) is 22.3 Å². The monoisotopic (exact) mass is 408 g/mol. The lowest BCUT2D eigenvalue weighted by atomic mass is 9.91. The Hall–Kier alpha value is -2.80. The number of carbonyl (C=O) groups is 1. The van der Waals surface area contributed by atoms with Crippen LogP contribution in [0.3, 0.4) is 0 Å². The Morgan fingerprint density at radius 1 is 1.03 bits per heavy atom. The van der Waals surface area contributed by atoms with Crippen molar-refractivity contribution in [3.8, 4) is 17.2 Å². The molecule has 2 aromatic rings. The van der Waals surface area contributed by atoms with E-state index in [1.165, 1.54) is 4.57 Å². The van der Waals surface area contributed by atoms with E-state index in [0.29, 0.717) is 46.4 Å². The highest BCUT2D eigenvalue weighted by Crippen LogP contribution is 2.48. The van der Waals surface area contributed by atoms with E-state index in [9.17, 15) is 9.59 Å². The van der Waals surface area contributed by atoms with Gasteiger partial charge in [0.25, 0.3) is 11.5 Å². The lowest BCUT2D eigenvalue weighted by Gasteiger charge is -2.21. The van der Waals surface area contributed by atoms with Gasteiger partial charge < -0.3 is 19.1 Å². The normalized spacial score (nSPS) is 28.6. The number of benzene rings is 1. The highest BCUT2D eigenvalue weighted by Gasteiger charge is 2.51.